The van der Waals surface area contributed by atoms with Gasteiger partial charge in [0.15, 0.2) is 0 Å². The lowest BCUT2D eigenvalue weighted by atomic mass is 10.1. The highest BCUT2D eigenvalue weighted by molar-refractivity contribution is 9.10. The number of benzene rings is 2. The number of rotatable bonds is 6. The zero-order valence-corrected chi connectivity index (χ0v) is 18.5. The number of nitro benzene ring substituents is 1. The summed E-state index contributed by atoms with van der Waals surface area (Å²) in [6.45, 7) is 2.23. The number of carbonyl (C=O) groups is 2. The highest BCUT2D eigenvalue weighted by atomic mass is 79.9. The number of carbonyl (C=O) groups excluding carboxylic acids is 2. The zero-order valence-electron chi connectivity index (χ0n) is 16.9. The molecule has 162 valence electrons. The van der Waals surface area contributed by atoms with Gasteiger partial charge in [-0.3, -0.25) is 28.9 Å². The van der Waals surface area contributed by atoms with Gasteiger partial charge < -0.3 is 5.73 Å². The number of imidazole rings is 1. The van der Waals surface area contributed by atoms with Crippen molar-refractivity contribution in [2.45, 2.75) is 26.4 Å². The molecule has 0 aliphatic rings. The number of hydrogen-bond donors (Lipinski definition) is 1. The summed E-state index contributed by atoms with van der Waals surface area (Å²) in [7, 11) is 1.20. The van der Waals surface area contributed by atoms with Gasteiger partial charge in [0.2, 0.25) is 5.91 Å². The minimum atomic E-state index is -0.972. The molecule has 3 rings (SSSR count). The molecule has 0 fully saturated rings. The van der Waals surface area contributed by atoms with E-state index in [9.17, 15) is 24.5 Å². The Balaban J connectivity index is 2.25. The van der Waals surface area contributed by atoms with Crippen LogP contribution in [0, 0.1) is 10.1 Å². The van der Waals surface area contributed by atoms with E-state index in [1.165, 1.54) is 28.3 Å². The van der Waals surface area contributed by atoms with Crippen LogP contribution in [0.4, 0.5) is 10.5 Å². The summed E-state index contributed by atoms with van der Waals surface area (Å²) in [4.78, 5) is 48.7. The average molecular weight is 490 g/mol. The van der Waals surface area contributed by atoms with Crippen LogP contribution in [0.3, 0.4) is 0 Å². The Morgan fingerprint density at radius 3 is 2.52 bits per heavy atom. The Morgan fingerprint density at radius 1 is 1.23 bits per heavy atom. The van der Waals surface area contributed by atoms with Crippen LogP contribution >= 0.6 is 15.9 Å². The largest absolute Gasteiger partial charge is 0.351 e. The number of fused-ring (bicyclic) bond motifs is 1. The van der Waals surface area contributed by atoms with Crippen LogP contribution in [-0.2, 0) is 24.3 Å². The van der Waals surface area contributed by atoms with Crippen molar-refractivity contribution in [1.82, 2.24) is 14.0 Å². The lowest BCUT2D eigenvalue weighted by molar-refractivity contribution is -0.385. The first kappa shape index (κ1) is 22.2. The second-order valence-corrected chi connectivity index (χ2v) is 7.81. The third-order valence-electron chi connectivity index (χ3n) is 5.03. The molecule has 0 radical (unpaired) electrons. The van der Waals surface area contributed by atoms with E-state index in [4.69, 9.17) is 5.73 Å². The minimum absolute atomic E-state index is 0.0625. The number of amides is 3. The number of aromatic nitrogens is 2. The fourth-order valence-corrected chi connectivity index (χ4v) is 3.93. The van der Waals surface area contributed by atoms with E-state index in [0.29, 0.717) is 15.9 Å². The van der Waals surface area contributed by atoms with Gasteiger partial charge in [-0.1, -0.05) is 28.1 Å². The topological polar surface area (TPSA) is 133 Å². The highest BCUT2D eigenvalue weighted by Gasteiger charge is 2.27. The van der Waals surface area contributed by atoms with E-state index in [-0.39, 0.29) is 30.0 Å². The van der Waals surface area contributed by atoms with Crippen LogP contribution in [0.5, 0.6) is 0 Å². The van der Waals surface area contributed by atoms with Gasteiger partial charge in [-0.05, 0) is 30.7 Å². The van der Waals surface area contributed by atoms with E-state index in [1.807, 2.05) is 24.3 Å². The zero-order chi connectivity index (χ0) is 22.9. The fraction of sp³-hybridized carbons (Fsp3) is 0.250. The van der Waals surface area contributed by atoms with Crippen molar-refractivity contribution in [3.63, 3.8) is 0 Å². The van der Waals surface area contributed by atoms with Gasteiger partial charge in [0.05, 0.1) is 34.5 Å². The van der Waals surface area contributed by atoms with Crippen LogP contribution in [0.25, 0.3) is 11.0 Å². The maximum Gasteiger partial charge on any atom is 0.329 e. The van der Waals surface area contributed by atoms with E-state index in [2.05, 4.69) is 15.9 Å². The van der Waals surface area contributed by atoms with Crippen LogP contribution in [-0.4, -0.2) is 37.9 Å². The predicted octanol–water partition coefficient (Wildman–Crippen LogP) is 2.62. The third-order valence-corrected chi connectivity index (χ3v) is 5.53. The molecule has 1 heterocycles. The average Bonchev–Trinajstić information content (AvgIpc) is 2.98. The van der Waals surface area contributed by atoms with Gasteiger partial charge in [-0.25, -0.2) is 9.59 Å². The molecule has 0 aliphatic heterocycles. The van der Waals surface area contributed by atoms with Crippen molar-refractivity contribution in [3.8, 4) is 0 Å². The first-order chi connectivity index (χ1) is 14.6. The normalized spacial score (nSPS) is 10.9. The van der Waals surface area contributed by atoms with Crippen LogP contribution < -0.4 is 11.4 Å². The molecule has 0 aliphatic carbocycles. The maximum atomic E-state index is 13.1. The summed E-state index contributed by atoms with van der Waals surface area (Å²) in [5.74, 6) is -0.710. The number of urea groups is 1. The molecule has 0 unspecified atom stereocenters. The maximum absolute atomic E-state index is 13.1. The van der Waals surface area contributed by atoms with E-state index >= 15 is 0 Å². The minimum Gasteiger partial charge on any atom is -0.351 e. The number of nitrogens with two attached hydrogens (primary N) is 1. The number of hydrogen-bond acceptors (Lipinski definition) is 5. The standard InChI is InChI=1S/C20H20BrN5O5/c1-3-24-18-14(10-17(27)23(2)19(22)28)15(26(30)31)7-8-16(18)25(20(24)29)11-12-5-4-6-13(21)9-12/h4-9H,3,10-11H2,1-2H3,(H2,22,28). The Labute approximate surface area is 185 Å². The molecule has 3 aromatic rings. The molecule has 0 spiro atoms. The number of primary amides is 1. The molecule has 3 amide bonds. The van der Waals surface area contributed by atoms with Crippen LogP contribution in [0.15, 0.2) is 45.7 Å². The second kappa shape index (κ2) is 8.72. The summed E-state index contributed by atoms with van der Waals surface area (Å²) in [6, 6.07) is 9.25. The number of likely N-dealkylation sites (N-methyl/N-ethyl adjacent to an activating group) is 1. The van der Waals surface area contributed by atoms with Crippen molar-refractivity contribution in [1.29, 1.82) is 0 Å². The quantitative estimate of drug-likeness (QED) is 0.419. The number of halogens is 1. The molecule has 0 saturated carbocycles. The predicted molar refractivity (Wildman–Crippen MR) is 118 cm³/mol. The molecule has 11 heteroatoms. The number of imide groups is 1. The molecule has 0 bridgehead atoms. The summed E-state index contributed by atoms with van der Waals surface area (Å²) < 4.78 is 3.76. The van der Waals surface area contributed by atoms with Gasteiger partial charge in [0, 0.05) is 24.1 Å². The fourth-order valence-electron chi connectivity index (χ4n) is 3.48. The van der Waals surface area contributed by atoms with Gasteiger partial charge in [-0.2, -0.15) is 0 Å². The molecule has 1 aromatic heterocycles. The molecule has 0 saturated heterocycles. The molecule has 2 N–H and O–H groups in total. The van der Waals surface area contributed by atoms with Gasteiger partial charge in [0.25, 0.3) is 5.69 Å². The lowest BCUT2D eigenvalue weighted by Crippen LogP contribution is -2.38. The summed E-state index contributed by atoms with van der Waals surface area (Å²) in [6.07, 6.45) is -0.451. The first-order valence-electron chi connectivity index (χ1n) is 9.35. The Morgan fingerprint density at radius 2 is 1.94 bits per heavy atom. The molecule has 31 heavy (non-hydrogen) atoms. The highest BCUT2D eigenvalue weighted by Crippen LogP contribution is 2.29. The summed E-state index contributed by atoms with van der Waals surface area (Å²) >= 11 is 3.40. The van der Waals surface area contributed by atoms with E-state index in [1.54, 1.807) is 6.92 Å². The Bertz CT molecular complexity index is 1260. The number of aryl methyl sites for hydroxylation is 1. The molecule has 0 atom stereocenters. The van der Waals surface area contributed by atoms with Crippen molar-refractivity contribution in [2.24, 2.45) is 5.73 Å². The molecule has 2 aromatic carbocycles. The Kier molecular flexibility index (Phi) is 6.25. The summed E-state index contributed by atoms with van der Waals surface area (Å²) in [5.41, 5.74) is 6.17. The summed E-state index contributed by atoms with van der Waals surface area (Å²) in [5, 5.41) is 11.7. The van der Waals surface area contributed by atoms with E-state index in [0.717, 1.165) is 10.0 Å². The van der Waals surface area contributed by atoms with Crippen LogP contribution in [0.1, 0.15) is 18.1 Å². The molecular weight excluding hydrogens is 470 g/mol. The number of nitro groups is 1. The van der Waals surface area contributed by atoms with Gasteiger partial charge >= 0.3 is 11.7 Å². The SMILES string of the molecule is CCn1c(=O)n(Cc2cccc(Br)c2)c2ccc([N+](=O)[O-])c(CC(=O)N(C)C(N)=O)c21. The van der Waals surface area contributed by atoms with Crippen molar-refractivity contribution >= 4 is 44.6 Å². The first-order valence-corrected chi connectivity index (χ1v) is 10.1. The van der Waals surface area contributed by atoms with Gasteiger partial charge in [0.1, 0.15) is 0 Å². The lowest BCUT2D eigenvalue weighted by Gasteiger charge is -2.13. The van der Waals surface area contributed by atoms with Crippen molar-refractivity contribution in [3.05, 3.63) is 72.6 Å². The second-order valence-electron chi connectivity index (χ2n) is 6.90. The smallest absolute Gasteiger partial charge is 0.329 e. The molecule has 10 nitrogen and oxygen atoms in total. The number of nitrogens with zero attached hydrogens (tertiary/aromatic N) is 4. The third kappa shape index (κ3) is 4.22. The molecular formula is C20H20BrN5O5. The van der Waals surface area contributed by atoms with Crippen molar-refractivity contribution < 1.29 is 14.5 Å². The van der Waals surface area contributed by atoms with E-state index < -0.39 is 23.3 Å². The van der Waals surface area contributed by atoms with Crippen molar-refractivity contribution in [2.75, 3.05) is 7.05 Å². The monoisotopic (exact) mass is 489 g/mol. The Hall–Kier alpha value is -3.47. The van der Waals surface area contributed by atoms with Gasteiger partial charge in [-0.15, -0.1) is 0 Å². The van der Waals surface area contributed by atoms with Crippen LogP contribution in [0.2, 0.25) is 0 Å².